The molecule has 0 aromatic carbocycles. The van der Waals surface area contributed by atoms with E-state index >= 15 is 0 Å². The average molecular weight is 224 g/mol. The Bertz CT molecular complexity index is 209. The molecule has 0 radical (unpaired) electrons. The van der Waals surface area contributed by atoms with Gasteiger partial charge in [-0.2, -0.15) is 0 Å². The van der Waals surface area contributed by atoms with Gasteiger partial charge in [0.1, 0.15) is 0 Å². The number of rotatable bonds is 2. The van der Waals surface area contributed by atoms with E-state index in [4.69, 9.17) is 0 Å². The third-order valence-corrected chi connectivity index (χ3v) is 4.58. The van der Waals surface area contributed by atoms with Gasteiger partial charge in [-0.05, 0) is 44.9 Å². The number of hydrogen-bond acceptors (Lipinski definition) is 2. The molecule has 94 valence electrons. The summed E-state index contributed by atoms with van der Waals surface area (Å²) in [6.45, 7) is 9.53. The van der Waals surface area contributed by atoms with Gasteiger partial charge in [0.25, 0.3) is 0 Å². The van der Waals surface area contributed by atoms with E-state index in [-0.39, 0.29) is 0 Å². The Morgan fingerprint density at radius 2 is 1.81 bits per heavy atom. The minimum Gasteiger partial charge on any atom is -0.311 e. The Balaban J connectivity index is 1.94. The summed E-state index contributed by atoms with van der Waals surface area (Å²) in [6, 6.07) is 2.35. The number of nitrogens with zero attached hydrogens (tertiary/aromatic N) is 1. The molecule has 2 heteroatoms. The first-order valence-corrected chi connectivity index (χ1v) is 7.19. The topological polar surface area (TPSA) is 15.3 Å². The van der Waals surface area contributed by atoms with Crippen LogP contribution in [-0.2, 0) is 0 Å². The molecule has 0 aromatic heterocycles. The van der Waals surface area contributed by atoms with Crippen molar-refractivity contribution in [3.8, 4) is 0 Å². The van der Waals surface area contributed by atoms with Crippen LogP contribution in [0.1, 0.15) is 52.9 Å². The van der Waals surface area contributed by atoms with Gasteiger partial charge in [-0.1, -0.05) is 13.8 Å². The van der Waals surface area contributed by atoms with Crippen molar-refractivity contribution in [3.63, 3.8) is 0 Å². The fourth-order valence-corrected chi connectivity index (χ4v) is 3.38. The summed E-state index contributed by atoms with van der Waals surface area (Å²) in [4.78, 5) is 2.81. The van der Waals surface area contributed by atoms with Crippen molar-refractivity contribution in [2.24, 2.45) is 5.92 Å². The minimum absolute atomic E-state index is 0.683. The Hall–Kier alpha value is -0.0800. The molecular weight excluding hydrogens is 196 g/mol. The predicted molar refractivity (Wildman–Crippen MR) is 69.7 cm³/mol. The van der Waals surface area contributed by atoms with Gasteiger partial charge in [-0.15, -0.1) is 0 Å². The summed E-state index contributed by atoms with van der Waals surface area (Å²) in [7, 11) is 0. The Morgan fingerprint density at radius 1 is 1.12 bits per heavy atom. The van der Waals surface area contributed by atoms with Crippen LogP contribution in [0.15, 0.2) is 0 Å². The third-order valence-electron chi connectivity index (χ3n) is 4.58. The zero-order valence-corrected chi connectivity index (χ0v) is 11.2. The molecule has 1 N–H and O–H groups in total. The molecule has 2 atom stereocenters. The average Bonchev–Trinajstić information content (AvgIpc) is 2.30. The lowest BCUT2D eigenvalue weighted by Crippen LogP contribution is -2.58. The van der Waals surface area contributed by atoms with E-state index in [0.717, 1.165) is 18.0 Å². The van der Waals surface area contributed by atoms with Gasteiger partial charge < -0.3 is 5.32 Å². The maximum atomic E-state index is 3.62. The summed E-state index contributed by atoms with van der Waals surface area (Å²) >= 11 is 0. The van der Waals surface area contributed by atoms with Crippen LogP contribution in [0.3, 0.4) is 0 Å². The fraction of sp³-hybridized carbons (Fsp3) is 1.00. The lowest BCUT2D eigenvalue weighted by molar-refractivity contribution is 0.0557. The molecule has 2 nitrogen and oxygen atoms in total. The first kappa shape index (κ1) is 12.4. The second-order valence-electron chi connectivity index (χ2n) is 5.98. The van der Waals surface area contributed by atoms with Gasteiger partial charge in [0, 0.05) is 31.2 Å². The van der Waals surface area contributed by atoms with Crippen LogP contribution in [0.5, 0.6) is 0 Å². The van der Waals surface area contributed by atoms with Crippen LogP contribution in [0.4, 0.5) is 0 Å². The van der Waals surface area contributed by atoms with E-state index in [0.29, 0.717) is 6.04 Å². The van der Waals surface area contributed by atoms with Gasteiger partial charge in [0.2, 0.25) is 0 Å². The van der Waals surface area contributed by atoms with Crippen LogP contribution in [-0.4, -0.2) is 36.1 Å². The van der Waals surface area contributed by atoms with E-state index in [1.807, 2.05) is 0 Å². The molecule has 1 saturated heterocycles. The van der Waals surface area contributed by atoms with E-state index in [1.165, 1.54) is 45.2 Å². The normalized spacial score (nSPS) is 42.2. The van der Waals surface area contributed by atoms with Crippen LogP contribution in [0.2, 0.25) is 0 Å². The molecule has 1 aliphatic heterocycles. The van der Waals surface area contributed by atoms with E-state index in [9.17, 15) is 0 Å². The van der Waals surface area contributed by atoms with Gasteiger partial charge in [0.05, 0.1) is 0 Å². The molecule has 1 saturated carbocycles. The van der Waals surface area contributed by atoms with Gasteiger partial charge in [-0.3, -0.25) is 4.90 Å². The highest BCUT2D eigenvalue weighted by Gasteiger charge is 2.31. The van der Waals surface area contributed by atoms with E-state index in [1.54, 1.807) is 0 Å². The fourth-order valence-electron chi connectivity index (χ4n) is 3.38. The minimum atomic E-state index is 0.683. The lowest BCUT2D eigenvalue weighted by Gasteiger charge is -2.45. The molecule has 2 fully saturated rings. The number of hydrogen-bond donors (Lipinski definition) is 1. The zero-order chi connectivity index (χ0) is 11.5. The summed E-state index contributed by atoms with van der Waals surface area (Å²) < 4.78 is 0. The molecule has 0 bridgehead atoms. The standard InChI is InChI=1S/C14H28N2/c1-4-13-9-15-12(3)10-16(13)14-7-5-11(2)6-8-14/h11-15H,4-10H2,1-3H3. The molecule has 0 aromatic rings. The van der Waals surface area contributed by atoms with Crippen molar-refractivity contribution in [1.82, 2.24) is 10.2 Å². The number of nitrogens with one attached hydrogen (secondary N) is 1. The third kappa shape index (κ3) is 2.78. The number of piperazine rings is 1. The molecule has 16 heavy (non-hydrogen) atoms. The van der Waals surface area contributed by atoms with E-state index in [2.05, 4.69) is 31.0 Å². The molecule has 1 aliphatic carbocycles. The second-order valence-corrected chi connectivity index (χ2v) is 5.98. The Morgan fingerprint density at radius 3 is 2.44 bits per heavy atom. The summed E-state index contributed by atoms with van der Waals surface area (Å²) in [6.07, 6.45) is 7.05. The first-order chi connectivity index (χ1) is 7.70. The van der Waals surface area contributed by atoms with Gasteiger partial charge in [0.15, 0.2) is 0 Å². The molecule has 0 amide bonds. The largest absolute Gasteiger partial charge is 0.311 e. The second kappa shape index (κ2) is 5.50. The molecule has 2 aliphatic rings. The maximum absolute atomic E-state index is 3.62. The van der Waals surface area contributed by atoms with Crippen molar-refractivity contribution < 1.29 is 0 Å². The summed E-state index contributed by atoms with van der Waals surface area (Å²) in [5.74, 6) is 0.969. The SMILES string of the molecule is CCC1CNC(C)CN1C1CCC(C)CC1. The van der Waals surface area contributed by atoms with Crippen LogP contribution < -0.4 is 5.32 Å². The van der Waals surface area contributed by atoms with Crippen molar-refractivity contribution >= 4 is 0 Å². The first-order valence-electron chi connectivity index (χ1n) is 7.19. The quantitative estimate of drug-likeness (QED) is 0.776. The summed E-state index contributed by atoms with van der Waals surface area (Å²) in [5, 5.41) is 3.62. The predicted octanol–water partition coefficient (Wildman–Crippen LogP) is 2.64. The maximum Gasteiger partial charge on any atom is 0.0221 e. The molecule has 2 unspecified atom stereocenters. The molecule has 0 spiro atoms. The summed E-state index contributed by atoms with van der Waals surface area (Å²) in [5.41, 5.74) is 0. The lowest BCUT2D eigenvalue weighted by atomic mass is 9.85. The van der Waals surface area contributed by atoms with Crippen molar-refractivity contribution in [2.75, 3.05) is 13.1 Å². The molecular formula is C14H28N2. The Kier molecular flexibility index (Phi) is 4.26. The van der Waals surface area contributed by atoms with Gasteiger partial charge >= 0.3 is 0 Å². The van der Waals surface area contributed by atoms with Crippen LogP contribution in [0.25, 0.3) is 0 Å². The molecule has 1 heterocycles. The highest BCUT2D eigenvalue weighted by molar-refractivity contribution is 4.89. The highest BCUT2D eigenvalue weighted by Crippen LogP contribution is 2.29. The van der Waals surface area contributed by atoms with Crippen LogP contribution >= 0.6 is 0 Å². The van der Waals surface area contributed by atoms with Crippen molar-refractivity contribution in [3.05, 3.63) is 0 Å². The van der Waals surface area contributed by atoms with Crippen molar-refractivity contribution in [1.29, 1.82) is 0 Å². The highest BCUT2D eigenvalue weighted by atomic mass is 15.3. The van der Waals surface area contributed by atoms with E-state index < -0.39 is 0 Å². The van der Waals surface area contributed by atoms with Gasteiger partial charge in [-0.25, -0.2) is 0 Å². The van der Waals surface area contributed by atoms with Crippen LogP contribution in [0, 0.1) is 5.92 Å². The smallest absolute Gasteiger partial charge is 0.0221 e. The molecule has 2 rings (SSSR count). The van der Waals surface area contributed by atoms with Crippen molar-refractivity contribution in [2.45, 2.75) is 71.0 Å². The zero-order valence-electron chi connectivity index (χ0n) is 11.2. The monoisotopic (exact) mass is 224 g/mol. The Labute approximate surface area is 101 Å².